The van der Waals surface area contributed by atoms with Crippen LogP contribution in [0.3, 0.4) is 0 Å². The van der Waals surface area contributed by atoms with Gasteiger partial charge in [0.15, 0.2) is 11.5 Å². The van der Waals surface area contributed by atoms with Crippen molar-refractivity contribution in [3.8, 4) is 11.4 Å². The molecule has 3 aromatic heterocycles. The lowest BCUT2D eigenvalue weighted by Crippen LogP contribution is -2.30. The monoisotopic (exact) mass is 747 g/mol. The van der Waals surface area contributed by atoms with Crippen LogP contribution in [0, 0.1) is 11.6 Å². The molecule has 2 N–H and O–H groups in total. The molecule has 51 heavy (non-hydrogen) atoms. The van der Waals surface area contributed by atoms with Gasteiger partial charge in [-0.25, -0.2) is 31.5 Å². The van der Waals surface area contributed by atoms with E-state index in [9.17, 15) is 35.2 Å². The maximum absolute atomic E-state index is 14.3. The van der Waals surface area contributed by atoms with Crippen molar-refractivity contribution < 1.29 is 35.1 Å². The van der Waals surface area contributed by atoms with Crippen LogP contribution in [0.4, 0.5) is 27.8 Å². The third-order valence-electron chi connectivity index (χ3n) is 8.02. The summed E-state index contributed by atoms with van der Waals surface area (Å²) in [5, 5.41) is 4.35. The van der Waals surface area contributed by atoms with E-state index in [2.05, 4.69) is 15.1 Å². The van der Waals surface area contributed by atoms with Gasteiger partial charge >= 0.3 is 6.18 Å². The summed E-state index contributed by atoms with van der Waals surface area (Å²) in [6.45, 7) is -0.166. The zero-order valence-corrected chi connectivity index (χ0v) is 28.5. The van der Waals surface area contributed by atoms with Crippen LogP contribution in [0.25, 0.3) is 27.6 Å². The third-order valence-corrected chi connectivity index (χ3v) is 9.44. The van der Waals surface area contributed by atoms with Crippen LogP contribution >= 0.6 is 11.6 Å². The largest absolute Gasteiger partial charge is 0.497 e. The van der Waals surface area contributed by atoms with E-state index in [1.54, 1.807) is 24.3 Å². The number of hydrogen-bond donors (Lipinski definition) is 1. The van der Waals surface area contributed by atoms with Crippen molar-refractivity contribution in [2.75, 3.05) is 17.7 Å². The fraction of sp³-hybridized carbons (Fsp3) is 0.212. The molecule has 0 saturated heterocycles. The van der Waals surface area contributed by atoms with E-state index in [4.69, 9.17) is 22.1 Å². The van der Waals surface area contributed by atoms with Gasteiger partial charge in [0.05, 0.1) is 53.0 Å². The second kappa shape index (κ2) is 13.2. The molecule has 266 valence electrons. The van der Waals surface area contributed by atoms with Gasteiger partial charge in [-0.2, -0.15) is 18.3 Å². The molecule has 0 radical (unpaired) electrons. The highest BCUT2D eigenvalue weighted by Crippen LogP contribution is 2.38. The summed E-state index contributed by atoms with van der Waals surface area (Å²) in [5.74, 6) is -1.64. The summed E-state index contributed by atoms with van der Waals surface area (Å²) in [4.78, 5) is 22.1. The van der Waals surface area contributed by atoms with Gasteiger partial charge in [0, 0.05) is 13.1 Å². The molecule has 0 aliphatic rings. The smallest absolute Gasteiger partial charge is 0.433 e. The molecule has 0 aliphatic carbocycles. The topological polar surface area (TPSA) is 138 Å². The van der Waals surface area contributed by atoms with Crippen molar-refractivity contribution in [3.63, 3.8) is 0 Å². The fourth-order valence-corrected chi connectivity index (χ4v) is 6.80. The molecule has 0 spiro atoms. The molecule has 0 aliphatic heterocycles. The van der Waals surface area contributed by atoms with Crippen molar-refractivity contribution in [1.82, 2.24) is 24.3 Å². The molecule has 0 fully saturated rings. The first-order valence-electron chi connectivity index (χ1n) is 14.9. The minimum Gasteiger partial charge on any atom is -0.497 e. The third kappa shape index (κ3) is 6.96. The summed E-state index contributed by atoms with van der Waals surface area (Å²) >= 11 is 6.70. The summed E-state index contributed by atoms with van der Waals surface area (Å²) in [5.41, 5.74) is 4.57. The Labute approximate surface area is 291 Å². The number of methoxy groups -OCH3 is 1. The average molecular weight is 748 g/mol. The van der Waals surface area contributed by atoms with Gasteiger partial charge in [-0.3, -0.25) is 14.0 Å². The molecule has 0 amide bonds. The van der Waals surface area contributed by atoms with Crippen molar-refractivity contribution in [1.29, 1.82) is 0 Å². The van der Waals surface area contributed by atoms with Crippen LogP contribution in [-0.4, -0.2) is 46.1 Å². The van der Waals surface area contributed by atoms with Crippen molar-refractivity contribution in [2.24, 2.45) is 12.8 Å². The Kier molecular flexibility index (Phi) is 9.24. The molecule has 3 heterocycles. The van der Waals surface area contributed by atoms with Crippen LogP contribution < -0.4 is 20.3 Å². The lowest BCUT2D eigenvalue weighted by molar-refractivity contribution is -0.141. The Morgan fingerprint density at radius 3 is 2.25 bits per heavy atom. The van der Waals surface area contributed by atoms with E-state index in [1.807, 2.05) is 0 Å². The number of halogens is 6. The van der Waals surface area contributed by atoms with Gasteiger partial charge in [-0.05, 0) is 66.1 Å². The molecule has 1 atom stereocenters. The Hall–Kier alpha value is -5.13. The van der Waals surface area contributed by atoms with E-state index in [0.29, 0.717) is 23.4 Å². The fourth-order valence-electron chi connectivity index (χ4n) is 5.74. The Bertz CT molecular complexity index is 2470. The van der Waals surface area contributed by atoms with E-state index in [1.165, 1.54) is 31.0 Å². The number of sulfonamides is 1. The first kappa shape index (κ1) is 35.7. The summed E-state index contributed by atoms with van der Waals surface area (Å²) in [6.07, 6.45) is -4.18. The molecule has 6 rings (SSSR count). The van der Waals surface area contributed by atoms with E-state index < -0.39 is 50.8 Å². The minimum absolute atomic E-state index is 0.0312. The Balaban J connectivity index is 1.60. The number of aryl methyl sites for hydroxylation is 1. The summed E-state index contributed by atoms with van der Waals surface area (Å²) in [6, 6.07) is 12.4. The highest BCUT2D eigenvalue weighted by Gasteiger charge is 2.34. The number of pyridine rings is 1. The summed E-state index contributed by atoms with van der Waals surface area (Å²) in [7, 11) is -1.05. The van der Waals surface area contributed by atoms with E-state index in [0.717, 1.165) is 33.3 Å². The van der Waals surface area contributed by atoms with Gasteiger partial charge in [0.1, 0.15) is 28.9 Å². The second-order valence-corrected chi connectivity index (χ2v) is 13.9. The molecule has 0 saturated carbocycles. The lowest BCUT2D eigenvalue weighted by Gasteiger charge is -2.21. The van der Waals surface area contributed by atoms with Crippen LogP contribution in [0.1, 0.15) is 28.7 Å². The number of hydrogen-bond acceptors (Lipinski definition) is 8. The summed E-state index contributed by atoms with van der Waals surface area (Å²) < 4.78 is 104. The normalized spacial score (nSPS) is 12.8. The van der Waals surface area contributed by atoms with E-state index >= 15 is 0 Å². The number of nitrogens with zero attached hydrogens (tertiary/aromatic N) is 6. The number of rotatable bonds is 9. The maximum atomic E-state index is 14.3. The highest BCUT2D eigenvalue weighted by molar-refractivity contribution is 7.92. The molecule has 18 heteroatoms. The van der Waals surface area contributed by atoms with Crippen LogP contribution in [0.15, 0.2) is 71.5 Å². The zero-order valence-electron chi connectivity index (χ0n) is 26.9. The van der Waals surface area contributed by atoms with Gasteiger partial charge in [-0.1, -0.05) is 23.7 Å². The van der Waals surface area contributed by atoms with Gasteiger partial charge < -0.3 is 10.5 Å². The minimum atomic E-state index is -4.86. The first-order chi connectivity index (χ1) is 24.0. The van der Waals surface area contributed by atoms with Crippen molar-refractivity contribution in [3.05, 3.63) is 116 Å². The molecular weight excluding hydrogens is 721 g/mol. The number of anilines is 1. The van der Waals surface area contributed by atoms with Crippen LogP contribution in [0.5, 0.6) is 5.75 Å². The number of ether oxygens (including phenoxy) is 1. The predicted molar refractivity (Wildman–Crippen MR) is 180 cm³/mol. The number of alkyl halides is 3. The highest BCUT2D eigenvalue weighted by atomic mass is 35.5. The average Bonchev–Trinajstić information content (AvgIpc) is 3.40. The van der Waals surface area contributed by atoms with Crippen LogP contribution in [0.2, 0.25) is 5.02 Å². The second-order valence-electron chi connectivity index (χ2n) is 11.6. The standard InChI is InChI=1S/C33H27ClF5N7O4S/c1-44-28-25(10-9-23(34)27(28)31(43-44)45(51(3,48)49)16-17-4-6-21(50-2)7-5-17)46-30(24(40)14-18-12-19(35)15-20(36)13-18)42-29-22(32(46)47)8-11-26(41-29)33(37,38)39/h4-13,15,24H,14,16,40H2,1-3H3. The SMILES string of the molecule is COc1ccc(CN(c2nn(C)c3c(-n4c(C(N)Cc5cc(F)cc(F)c5)nc5nc(C(F)(F)F)ccc5c4=O)ccc(Cl)c23)S(C)(=O)=O)cc1. The molecule has 0 bridgehead atoms. The number of benzene rings is 3. The van der Waals surface area contributed by atoms with Crippen LogP contribution in [-0.2, 0) is 36.2 Å². The molecule has 6 aromatic rings. The van der Waals surface area contributed by atoms with E-state index in [-0.39, 0.29) is 57.2 Å². The molecular formula is C33H27ClF5N7O4S. The quantitative estimate of drug-likeness (QED) is 0.182. The van der Waals surface area contributed by atoms with Gasteiger partial charge in [0.25, 0.3) is 5.56 Å². The number of aromatic nitrogens is 5. The van der Waals surface area contributed by atoms with Gasteiger partial charge in [-0.15, -0.1) is 0 Å². The number of nitrogens with two attached hydrogens (primary N) is 1. The molecule has 11 nitrogen and oxygen atoms in total. The number of fused-ring (bicyclic) bond motifs is 2. The first-order valence-corrected chi connectivity index (χ1v) is 17.2. The van der Waals surface area contributed by atoms with Crippen molar-refractivity contribution >= 4 is 49.4 Å². The lowest BCUT2D eigenvalue weighted by atomic mass is 10.0. The zero-order chi connectivity index (χ0) is 37.0. The Morgan fingerprint density at radius 1 is 0.980 bits per heavy atom. The predicted octanol–water partition coefficient (Wildman–Crippen LogP) is 5.84. The maximum Gasteiger partial charge on any atom is 0.433 e. The Morgan fingerprint density at radius 2 is 1.65 bits per heavy atom. The molecule has 3 aromatic carbocycles. The molecule has 1 unspecified atom stereocenters. The van der Waals surface area contributed by atoms with Gasteiger partial charge in [0.2, 0.25) is 10.0 Å². The van der Waals surface area contributed by atoms with Crippen molar-refractivity contribution in [2.45, 2.75) is 25.2 Å².